The second kappa shape index (κ2) is 3.26. The lowest BCUT2D eigenvalue weighted by Gasteiger charge is -1.91. The number of oxime groups is 1. The number of hydrogen-bond donors (Lipinski definition) is 1. The van der Waals surface area contributed by atoms with E-state index < -0.39 is 4.92 Å². The molecule has 6 heteroatoms. The van der Waals surface area contributed by atoms with Crippen LogP contribution in [-0.4, -0.2) is 20.4 Å². The maximum absolute atomic E-state index is 10.4. The molecule has 1 N–H and O–H groups in total. The summed E-state index contributed by atoms with van der Waals surface area (Å²) in [5, 5.41) is 21.8. The molecule has 0 radical (unpaired) electrons. The number of rotatable bonds is 2. The van der Waals surface area contributed by atoms with Crippen molar-refractivity contribution in [3.05, 3.63) is 27.9 Å². The Bertz CT molecular complexity index is 367. The average Bonchev–Trinajstić information content (AvgIpc) is 2.46. The summed E-state index contributed by atoms with van der Waals surface area (Å²) in [6.45, 7) is 1.57. The normalized spacial score (nSPS) is 11.7. The summed E-state index contributed by atoms with van der Waals surface area (Å²) in [7, 11) is 1.56. The summed E-state index contributed by atoms with van der Waals surface area (Å²) in [4.78, 5) is 9.94. The topological polar surface area (TPSA) is 80.7 Å². The van der Waals surface area contributed by atoms with Crippen molar-refractivity contribution < 1.29 is 10.1 Å². The van der Waals surface area contributed by atoms with E-state index in [2.05, 4.69) is 5.16 Å². The third-order valence-corrected chi connectivity index (χ3v) is 1.73. The molecule has 0 fully saturated rings. The van der Waals surface area contributed by atoms with Crippen molar-refractivity contribution in [1.29, 1.82) is 0 Å². The standard InChI is InChI=1S/C7H9N3O3/c1-5(8-11)6-3-7(10(12)13)9(2)4-6/h3-4,11H,1-2H3/b8-5+. The Balaban J connectivity index is 3.16. The second-order valence-electron chi connectivity index (χ2n) is 2.64. The van der Waals surface area contributed by atoms with E-state index in [9.17, 15) is 10.1 Å². The molecule has 0 aromatic carbocycles. The average molecular weight is 183 g/mol. The highest BCUT2D eigenvalue weighted by Crippen LogP contribution is 2.15. The van der Waals surface area contributed by atoms with Gasteiger partial charge in [-0.05, 0) is 11.8 Å². The van der Waals surface area contributed by atoms with Crippen molar-refractivity contribution in [2.75, 3.05) is 0 Å². The van der Waals surface area contributed by atoms with Gasteiger partial charge in [-0.15, -0.1) is 0 Å². The molecule has 0 bridgehead atoms. The fourth-order valence-corrected chi connectivity index (χ4v) is 0.990. The van der Waals surface area contributed by atoms with Gasteiger partial charge in [-0.2, -0.15) is 0 Å². The molecule has 1 aromatic heterocycles. The first-order valence-corrected chi connectivity index (χ1v) is 3.56. The molecule has 0 amide bonds. The fourth-order valence-electron chi connectivity index (χ4n) is 0.990. The highest BCUT2D eigenvalue weighted by Gasteiger charge is 2.14. The third kappa shape index (κ3) is 1.66. The van der Waals surface area contributed by atoms with Crippen molar-refractivity contribution in [2.45, 2.75) is 6.92 Å². The van der Waals surface area contributed by atoms with Gasteiger partial charge in [-0.25, -0.2) is 4.57 Å². The van der Waals surface area contributed by atoms with Crippen molar-refractivity contribution in [3.8, 4) is 0 Å². The van der Waals surface area contributed by atoms with E-state index in [1.807, 2.05) is 0 Å². The van der Waals surface area contributed by atoms with Gasteiger partial charge in [0.25, 0.3) is 0 Å². The van der Waals surface area contributed by atoms with Gasteiger partial charge in [0.2, 0.25) is 0 Å². The van der Waals surface area contributed by atoms with Crippen LogP contribution in [0.4, 0.5) is 5.82 Å². The van der Waals surface area contributed by atoms with Crippen LogP contribution in [0.25, 0.3) is 0 Å². The van der Waals surface area contributed by atoms with Crippen LogP contribution in [0.2, 0.25) is 0 Å². The zero-order valence-electron chi connectivity index (χ0n) is 7.26. The zero-order valence-corrected chi connectivity index (χ0v) is 7.26. The SMILES string of the molecule is C/C(=N\O)c1cc([N+](=O)[O-])n(C)c1. The lowest BCUT2D eigenvalue weighted by Crippen LogP contribution is -1.94. The second-order valence-corrected chi connectivity index (χ2v) is 2.64. The predicted octanol–water partition coefficient (Wildman–Crippen LogP) is 1.13. The molecule has 70 valence electrons. The number of aromatic nitrogens is 1. The first-order chi connectivity index (χ1) is 6.06. The van der Waals surface area contributed by atoms with E-state index in [0.29, 0.717) is 11.3 Å². The fraction of sp³-hybridized carbons (Fsp3) is 0.286. The molecular formula is C7H9N3O3. The Labute approximate surface area is 74.2 Å². The molecule has 1 aromatic rings. The van der Waals surface area contributed by atoms with E-state index in [4.69, 9.17) is 5.21 Å². The predicted molar refractivity (Wildman–Crippen MR) is 46.1 cm³/mol. The zero-order chi connectivity index (χ0) is 10.0. The van der Waals surface area contributed by atoms with Crippen LogP contribution >= 0.6 is 0 Å². The minimum Gasteiger partial charge on any atom is -0.411 e. The summed E-state index contributed by atoms with van der Waals surface area (Å²) in [5.74, 6) is -0.0296. The van der Waals surface area contributed by atoms with Gasteiger partial charge in [0.1, 0.15) is 0 Å². The summed E-state index contributed by atoms with van der Waals surface area (Å²) < 4.78 is 1.37. The minimum atomic E-state index is -0.492. The van der Waals surface area contributed by atoms with Crippen LogP contribution in [-0.2, 0) is 7.05 Å². The number of nitro groups is 1. The van der Waals surface area contributed by atoms with Crippen LogP contribution in [0, 0.1) is 10.1 Å². The molecule has 0 aliphatic rings. The van der Waals surface area contributed by atoms with Gasteiger partial charge >= 0.3 is 5.82 Å². The molecule has 0 unspecified atom stereocenters. The van der Waals surface area contributed by atoms with Crippen LogP contribution in [0.1, 0.15) is 12.5 Å². The lowest BCUT2D eigenvalue weighted by molar-refractivity contribution is -0.391. The van der Waals surface area contributed by atoms with E-state index in [1.165, 1.54) is 16.8 Å². The molecule has 0 saturated heterocycles. The molecule has 0 atom stereocenters. The number of hydrogen-bond acceptors (Lipinski definition) is 4. The first-order valence-electron chi connectivity index (χ1n) is 3.56. The molecule has 0 aliphatic heterocycles. The minimum absolute atomic E-state index is 0.0296. The summed E-state index contributed by atoms with van der Waals surface area (Å²) >= 11 is 0. The summed E-state index contributed by atoms with van der Waals surface area (Å²) in [6, 6.07) is 1.36. The van der Waals surface area contributed by atoms with Gasteiger partial charge in [0, 0.05) is 11.6 Å². The largest absolute Gasteiger partial charge is 0.411 e. The van der Waals surface area contributed by atoms with Crippen LogP contribution in [0.3, 0.4) is 0 Å². The molecule has 0 aliphatic carbocycles. The highest BCUT2D eigenvalue weighted by molar-refractivity contribution is 5.98. The molecule has 0 saturated carbocycles. The van der Waals surface area contributed by atoms with Crippen molar-refractivity contribution >= 4 is 11.5 Å². The van der Waals surface area contributed by atoms with Crippen molar-refractivity contribution in [3.63, 3.8) is 0 Å². The third-order valence-electron chi connectivity index (χ3n) is 1.73. The first kappa shape index (κ1) is 9.24. The Hall–Kier alpha value is -1.85. The molecule has 0 spiro atoms. The molecule has 13 heavy (non-hydrogen) atoms. The van der Waals surface area contributed by atoms with E-state index in [0.717, 1.165) is 0 Å². The van der Waals surface area contributed by atoms with Gasteiger partial charge in [-0.1, -0.05) is 5.16 Å². The quantitative estimate of drug-likeness (QED) is 0.323. The Morgan fingerprint density at radius 1 is 1.77 bits per heavy atom. The maximum Gasteiger partial charge on any atom is 0.323 e. The van der Waals surface area contributed by atoms with Gasteiger partial charge in [0.05, 0.1) is 19.0 Å². The van der Waals surface area contributed by atoms with Gasteiger partial charge in [0.15, 0.2) is 0 Å². The van der Waals surface area contributed by atoms with Crippen LogP contribution in [0.15, 0.2) is 17.4 Å². The molecule has 1 rings (SSSR count). The Morgan fingerprint density at radius 3 is 2.77 bits per heavy atom. The smallest absolute Gasteiger partial charge is 0.323 e. The molecule has 6 nitrogen and oxygen atoms in total. The van der Waals surface area contributed by atoms with E-state index in [1.54, 1.807) is 14.0 Å². The van der Waals surface area contributed by atoms with Gasteiger partial charge < -0.3 is 15.3 Å². The highest BCUT2D eigenvalue weighted by atomic mass is 16.6. The van der Waals surface area contributed by atoms with Crippen LogP contribution < -0.4 is 0 Å². The molecule has 1 heterocycles. The summed E-state index contributed by atoms with van der Waals surface area (Å²) in [5.41, 5.74) is 0.889. The van der Waals surface area contributed by atoms with Crippen molar-refractivity contribution in [2.24, 2.45) is 12.2 Å². The monoisotopic (exact) mass is 183 g/mol. The van der Waals surface area contributed by atoms with E-state index in [-0.39, 0.29) is 5.82 Å². The Kier molecular flexibility index (Phi) is 2.32. The molecular weight excluding hydrogens is 174 g/mol. The van der Waals surface area contributed by atoms with Crippen LogP contribution in [0.5, 0.6) is 0 Å². The number of aryl methyl sites for hydroxylation is 1. The lowest BCUT2D eigenvalue weighted by atomic mass is 10.2. The Morgan fingerprint density at radius 2 is 2.38 bits per heavy atom. The maximum atomic E-state index is 10.4. The van der Waals surface area contributed by atoms with E-state index >= 15 is 0 Å². The summed E-state index contributed by atoms with van der Waals surface area (Å²) in [6.07, 6.45) is 1.53. The van der Waals surface area contributed by atoms with Crippen molar-refractivity contribution in [1.82, 2.24) is 4.57 Å². The van der Waals surface area contributed by atoms with Gasteiger partial charge in [-0.3, -0.25) is 0 Å². The number of nitrogens with zero attached hydrogens (tertiary/aromatic N) is 3.